The maximum atomic E-state index is 13.7. The molecule has 0 aliphatic heterocycles. The molecule has 11 heteroatoms. The zero-order chi connectivity index (χ0) is 21.6. The normalized spacial score (nSPS) is 11.8. The van der Waals surface area contributed by atoms with E-state index in [0.29, 0.717) is 21.6 Å². The van der Waals surface area contributed by atoms with Crippen LogP contribution in [0.2, 0.25) is 0 Å². The second kappa shape index (κ2) is 6.87. The predicted molar refractivity (Wildman–Crippen MR) is 100 cm³/mol. The summed E-state index contributed by atoms with van der Waals surface area (Å²) < 4.78 is 54.1. The quantitative estimate of drug-likeness (QED) is 0.267. The molecule has 154 valence electrons. The van der Waals surface area contributed by atoms with E-state index in [1.165, 1.54) is 36.4 Å². The van der Waals surface area contributed by atoms with Gasteiger partial charge in [-0.25, -0.2) is 9.37 Å². The summed E-state index contributed by atoms with van der Waals surface area (Å²) in [4.78, 5) is 8.63. The summed E-state index contributed by atoms with van der Waals surface area (Å²) in [6.45, 7) is 1.69. The number of alkyl halides is 3. The van der Waals surface area contributed by atoms with Gasteiger partial charge in [-0.2, -0.15) is 13.2 Å². The van der Waals surface area contributed by atoms with Crippen LogP contribution in [0.4, 0.5) is 35.0 Å². The van der Waals surface area contributed by atoms with Crippen molar-refractivity contribution in [1.29, 1.82) is 0 Å². The summed E-state index contributed by atoms with van der Waals surface area (Å²) in [5.74, 6) is 0.0128. The second-order valence-electron chi connectivity index (χ2n) is 6.50. The van der Waals surface area contributed by atoms with Gasteiger partial charge in [0.25, 0.3) is 0 Å². The molecule has 0 saturated carbocycles. The zero-order valence-electron chi connectivity index (χ0n) is 15.4. The van der Waals surface area contributed by atoms with E-state index in [0.717, 1.165) is 12.1 Å². The monoisotopic (exact) mass is 419 g/mol. The van der Waals surface area contributed by atoms with E-state index in [9.17, 15) is 22.8 Å². The van der Waals surface area contributed by atoms with Gasteiger partial charge >= 0.3 is 12.1 Å². The van der Waals surface area contributed by atoms with Crippen molar-refractivity contribution in [2.24, 2.45) is 0 Å². The van der Waals surface area contributed by atoms with Gasteiger partial charge in [0.15, 0.2) is 0 Å². The summed E-state index contributed by atoms with van der Waals surface area (Å²) in [6, 6.07) is 9.63. The number of hydrogen-bond donors (Lipinski definition) is 3. The second-order valence-corrected chi connectivity index (χ2v) is 6.50. The van der Waals surface area contributed by atoms with Crippen LogP contribution >= 0.6 is 0 Å². The number of imidazole rings is 1. The standard InChI is InChI=1S/C19H14F4N6O/c1-10-25-14-7-4-12(20)8-15(14)28(10)17-9-16(24)29(30)18(27-17)26-13-5-2-11(3-6-13)19(21,22)23/h2-9,30H,1H3,(H2,24,26,27)/p+1. The Hall–Kier alpha value is -3.89. The van der Waals surface area contributed by atoms with E-state index in [4.69, 9.17) is 5.73 Å². The summed E-state index contributed by atoms with van der Waals surface area (Å²) in [6.07, 6.45) is -4.46. The van der Waals surface area contributed by atoms with Crippen LogP contribution in [0.5, 0.6) is 0 Å². The van der Waals surface area contributed by atoms with Crippen molar-refractivity contribution >= 4 is 28.5 Å². The van der Waals surface area contributed by atoms with Crippen molar-refractivity contribution in [3.63, 3.8) is 0 Å². The minimum Gasteiger partial charge on any atom is -0.382 e. The van der Waals surface area contributed by atoms with Crippen LogP contribution in [0, 0.1) is 12.7 Å². The Morgan fingerprint density at radius 2 is 1.77 bits per heavy atom. The van der Waals surface area contributed by atoms with Crippen LogP contribution in [0.3, 0.4) is 0 Å². The number of nitrogen functional groups attached to an aromatic ring is 1. The lowest BCUT2D eigenvalue weighted by Gasteiger charge is -2.10. The molecule has 7 nitrogen and oxygen atoms in total. The van der Waals surface area contributed by atoms with Crippen molar-refractivity contribution in [3.05, 3.63) is 65.7 Å². The van der Waals surface area contributed by atoms with Gasteiger partial charge in [-0.3, -0.25) is 9.88 Å². The summed E-state index contributed by atoms with van der Waals surface area (Å²) in [5, 5.41) is 12.9. The Balaban J connectivity index is 1.77. The Morgan fingerprint density at radius 1 is 1.07 bits per heavy atom. The van der Waals surface area contributed by atoms with E-state index < -0.39 is 17.6 Å². The SMILES string of the molecule is Cc1nc2ccc(F)cc2n1-c1cc(N)[n+](O)c(Nc2ccc(C(F)(F)F)cc2)n1. The van der Waals surface area contributed by atoms with E-state index in [2.05, 4.69) is 15.3 Å². The molecule has 0 spiro atoms. The highest BCUT2D eigenvalue weighted by Crippen LogP contribution is 2.30. The maximum Gasteiger partial charge on any atom is 0.416 e. The first-order chi connectivity index (χ1) is 14.1. The number of halogens is 4. The van der Waals surface area contributed by atoms with Gasteiger partial charge in [-0.05, 0) is 48.1 Å². The van der Waals surface area contributed by atoms with Crippen LogP contribution in [0.15, 0.2) is 48.5 Å². The van der Waals surface area contributed by atoms with Crippen molar-refractivity contribution in [1.82, 2.24) is 14.5 Å². The molecule has 0 amide bonds. The third kappa shape index (κ3) is 3.45. The molecule has 0 atom stereocenters. The van der Waals surface area contributed by atoms with Crippen LogP contribution in [0.1, 0.15) is 11.4 Å². The number of nitrogens with zero attached hydrogens (tertiary/aromatic N) is 4. The molecule has 2 aromatic carbocycles. The van der Waals surface area contributed by atoms with Gasteiger partial charge in [0.2, 0.25) is 11.6 Å². The van der Waals surface area contributed by atoms with E-state index in [1.54, 1.807) is 11.5 Å². The largest absolute Gasteiger partial charge is 0.416 e. The van der Waals surface area contributed by atoms with Crippen LogP contribution in [-0.2, 0) is 6.18 Å². The molecule has 0 aliphatic rings. The van der Waals surface area contributed by atoms with Crippen LogP contribution < -0.4 is 15.8 Å². The third-order valence-corrected chi connectivity index (χ3v) is 4.42. The molecule has 0 saturated heterocycles. The molecule has 30 heavy (non-hydrogen) atoms. The first kappa shape index (κ1) is 19.4. The number of benzene rings is 2. The van der Waals surface area contributed by atoms with Gasteiger partial charge in [0.1, 0.15) is 11.6 Å². The summed E-state index contributed by atoms with van der Waals surface area (Å²) >= 11 is 0. The molecule has 2 aromatic heterocycles. The molecule has 0 radical (unpaired) electrons. The van der Waals surface area contributed by atoms with E-state index in [1.807, 2.05) is 0 Å². The molecule has 0 fully saturated rings. The molecule has 4 rings (SSSR count). The van der Waals surface area contributed by atoms with Crippen LogP contribution in [0.25, 0.3) is 16.9 Å². The number of nitrogens with two attached hydrogens (primary N) is 1. The molecular formula is C19H15F4N6O+. The molecule has 2 heterocycles. The number of fused-ring (bicyclic) bond motifs is 1. The van der Waals surface area contributed by atoms with Gasteiger partial charge in [0, 0.05) is 6.07 Å². The fraction of sp³-hybridized carbons (Fsp3) is 0.105. The fourth-order valence-corrected chi connectivity index (χ4v) is 3.03. The molecule has 0 unspecified atom stereocenters. The van der Waals surface area contributed by atoms with Crippen molar-refractivity contribution in [3.8, 4) is 5.82 Å². The summed E-state index contributed by atoms with van der Waals surface area (Å²) in [7, 11) is 0. The number of nitrogens with one attached hydrogen (secondary N) is 1. The zero-order valence-corrected chi connectivity index (χ0v) is 15.4. The molecule has 0 aliphatic carbocycles. The number of anilines is 3. The van der Waals surface area contributed by atoms with E-state index >= 15 is 0 Å². The van der Waals surface area contributed by atoms with Gasteiger partial charge < -0.3 is 10.9 Å². The number of aromatic nitrogens is 4. The molecule has 4 aromatic rings. The minimum absolute atomic E-state index is 0.105. The minimum atomic E-state index is -4.46. The van der Waals surface area contributed by atoms with Gasteiger partial charge in [-0.15, -0.1) is 0 Å². The lowest BCUT2D eigenvalue weighted by Crippen LogP contribution is -2.38. The predicted octanol–water partition coefficient (Wildman–Crippen LogP) is 3.74. The highest BCUT2D eigenvalue weighted by molar-refractivity contribution is 5.78. The number of hydrogen-bond acceptors (Lipinski definition) is 5. The topological polar surface area (TPSA) is 92.9 Å². The first-order valence-electron chi connectivity index (χ1n) is 8.64. The molecular weight excluding hydrogens is 404 g/mol. The fourth-order valence-electron chi connectivity index (χ4n) is 3.03. The summed E-state index contributed by atoms with van der Waals surface area (Å²) in [5.41, 5.74) is 6.27. The number of rotatable bonds is 3. The van der Waals surface area contributed by atoms with Crippen molar-refractivity contribution in [2.75, 3.05) is 11.1 Å². The van der Waals surface area contributed by atoms with Gasteiger partial charge in [0.05, 0.1) is 28.4 Å². The van der Waals surface area contributed by atoms with Gasteiger partial charge in [-0.1, -0.05) is 4.98 Å². The Kier molecular flexibility index (Phi) is 4.45. The van der Waals surface area contributed by atoms with Crippen molar-refractivity contribution in [2.45, 2.75) is 13.1 Å². The average molecular weight is 419 g/mol. The lowest BCUT2D eigenvalue weighted by atomic mass is 10.2. The molecule has 0 bridgehead atoms. The lowest BCUT2D eigenvalue weighted by molar-refractivity contribution is -0.883. The molecule has 4 N–H and O–H groups in total. The third-order valence-electron chi connectivity index (χ3n) is 4.42. The first-order valence-corrected chi connectivity index (χ1v) is 8.64. The maximum absolute atomic E-state index is 13.7. The Bertz CT molecular complexity index is 1250. The van der Waals surface area contributed by atoms with Crippen molar-refractivity contribution < 1.29 is 27.5 Å². The highest BCUT2D eigenvalue weighted by Gasteiger charge is 2.30. The van der Waals surface area contributed by atoms with Crippen LogP contribution in [-0.4, -0.2) is 19.7 Å². The Morgan fingerprint density at radius 3 is 2.43 bits per heavy atom. The highest BCUT2D eigenvalue weighted by atomic mass is 19.4. The van der Waals surface area contributed by atoms with E-state index in [-0.39, 0.29) is 23.3 Å². The smallest absolute Gasteiger partial charge is 0.382 e. The Labute approximate surface area is 167 Å². The number of aryl methyl sites for hydroxylation is 1. The average Bonchev–Trinajstić information content (AvgIpc) is 3.00.